The molecule has 0 aromatic carbocycles. The van der Waals surface area contributed by atoms with Gasteiger partial charge in [0.05, 0.1) is 9.90 Å². The van der Waals surface area contributed by atoms with Gasteiger partial charge in [-0.25, -0.2) is 4.98 Å². The van der Waals surface area contributed by atoms with Crippen molar-refractivity contribution in [2.24, 2.45) is 0 Å². The van der Waals surface area contributed by atoms with Gasteiger partial charge in [0, 0.05) is 6.20 Å². The first kappa shape index (κ1) is 8.59. The summed E-state index contributed by atoms with van der Waals surface area (Å²) >= 11 is 3.30. The number of rotatable bonds is 2. The lowest BCUT2D eigenvalue weighted by Gasteiger charge is -2.00. The molecular formula is C9H8N2S2. The predicted octanol–water partition coefficient (Wildman–Crippen LogP) is 2.88. The van der Waals surface area contributed by atoms with E-state index >= 15 is 0 Å². The zero-order chi connectivity index (χ0) is 9.10. The topological polar surface area (TPSA) is 38.9 Å². The molecule has 2 N–H and O–H groups in total. The molecule has 0 aliphatic heterocycles. The van der Waals surface area contributed by atoms with Crippen LogP contribution in [0.1, 0.15) is 0 Å². The van der Waals surface area contributed by atoms with E-state index in [2.05, 4.69) is 11.1 Å². The smallest absolute Gasteiger partial charge is 0.124 e. The third kappa shape index (κ3) is 2.02. The molecular weight excluding hydrogens is 200 g/mol. The standard InChI is InChI=1S/C9H8N2S2/c10-7-3-1-5-11-9(7)13-8-4-2-6-12-8/h1-6H,10H2. The van der Waals surface area contributed by atoms with Gasteiger partial charge in [0.2, 0.25) is 0 Å². The van der Waals surface area contributed by atoms with Gasteiger partial charge >= 0.3 is 0 Å². The summed E-state index contributed by atoms with van der Waals surface area (Å²) in [7, 11) is 0. The normalized spacial score (nSPS) is 10.2. The molecule has 0 saturated heterocycles. The minimum Gasteiger partial charge on any atom is -0.397 e. The van der Waals surface area contributed by atoms with E-state index in [0.717, 1.165) is 10.7 Å². The van der Waals surface area contributed by atoms with Crippen LogP contribution in [0.5, 0.6) is 0 Å². The molecule has 0 amide bonds. The first-order chi connectivity index (χ1) is 6.36. The molecule has 2 rings (SSSR count). The number of aromatic nitrogens is 1. The molecule has 66 valence electrons. The quantitative estimate of drug-likeness (QED) is 0.824. The zero-order valence-corrected chi connectivity index (χ0v) is 8.44. The molecule has 0 bridgehead atoms. The van der Waals surface area contributed by atoms with Crippen molar-refractivity contribution in [1.82, 2.24) is 4.98 Å². The Morgan fingerprint density at radius 1 is 1.31 bits per heavy atom. The Bertz CT molecular complexity index is 384. The van der Waals surface area contributed by atoms with Gasteiger partial charge < -0.3 is 5.73 Å². The number of nitrogens with two attached hydrogens (primary N) is 1. The molecule has 0 unspecified atom stereocenters. The number of thiophene rings is 1. The molecule has 13 heavy (non-hydrogen) atoms. The van der Waals surface area contributed by atoms with E-state index in [1.807, 2.05) is 23.6 Å². The minimum absolute atomic E-state index is 0.737. The number of nitrogen functional groups attached to an aromatic ring is 1. The van der Waals surface area contributed by atoms with Crippen molar-refractivity contribution in [2.75, 3.05) is 5.73 Å². The number of nitrogens with zero attached hydrogens (tertiary/aromatic N) is 1. The summed E-state index contributed by atoms with van der Waals surface area (Å²) in [6.07, 6.45) is 1.76. The Kier molecular flexibility index (Phi) is 2.52. The predicted molar refractivity (Wildman–Crippen MR) is 57.1 cm³/mol. The SMILES string of the molecule is Nc1cccnc1Sc1cccs1. The van der Waals surface area contributed by atoms with E-state index in [1.165, 1.54) is 4.21 Å². The molecule has 0 aliphatic rings. The molecule has 2 aromatic heterocycles. The molecule has 2 nitrogen and oxygen atoms in total. The lowest BCUT2D eigenvalue weighted by Crippen LogP contribution is -1.89. The van der Waals surface area contributed by atoms with Gasteiger partial charge in [-0.2, -0.15) is 0 Å². The van der Waals surface area contributed by atoms with Gasteiger partial charge in [0.25, 0.3) is 0 Å². The van der Waals surface area contributed by atoms with Crippen LogP contribution < -0.4 is 5.73 Å². The van der Waals surface area contributed by atoms with Crippen molar-refractivity contribution in [3.05, 3.63) is 35.8 Å². The largest absolute Gasteiger partial charge is 0.397 e. The molecule has 0 fully saturated rings. The van der Waals surface area contributed by atoms with E-state index in [1.54, 1.807) is 29.3 Å². The minimum atomic E-state index is 0.737. The maximum absolute atomic E-state index is 5.76. The third-order valence-electron chi connectivity index (χ3n) is 1.49. The van der Waals surface area contributed by atoms with E-state index < -0.39 is 0 Å². The Balaban J connectivity index is 2.24. The van der Waals surface area contributed by atoms with Crippen LogP contribution in [-0.4, -0.2) is 4.98 Å². The molecule has 2 heterocycles. The van der Waals surface area contributed by atoms with Crippen molar-refractivity contribution < 1.29 is 0 Å². The molecule has 0 spiro atoms. The van der Waals surface area contributed by atoms with Crippen LogP contribution in [0.2, 0.25) is 0 Å². The second-order valence-corrected chi connectivity index (χ2v) is 4.67. The highest BCUT2D eigenvalue weighted by Crippen LogP contribution is 2.32. The lowest BCUT2D eigenvalue weighted by atomic mass is 10.4. The van der Waals surface area contributed by atoms with E-state index in [9.17, 15) is 0 Å². The van der Waals surface area contributed by atoms with Gasteiger partial charge in [-0.05, 0) is 23.6 Å². The molecule has 4 heteroatoms. The van der Waals surface area contributed by atoms with Crippen molar-refractivity contribution >= 4 is 28.8 Å². The highest BCUT2D eigenvalue weighted by molar-refractivity contribution is 8.01. The average molecular weight is 208 g/mol. The van der Waals surface area contributed by atoms with E-state index in [0.29, 0.717) is 0 Å². The summed E-state index contributed by atoms with van der Waals surface area (Å²) < 4.78 is 1.21. The van der Waals surface area contributed by atoms with Crippen LogP contribution in [0.25, 0.3) is 0 Å². The second kappa shape index (κ2) is 3.81. The fourth-order valence-electron chi connectivity index (χ4n) is 0.905. The maximum atomic E-state index is 5.76. The van der Waals surface area contributed by atoms with Crippen molar-refractivity contribution in [3.63, 3.8) is 0 Å². The Morgan fingerprint density at radius 2 is 2.23 bits per heavy atom. The fourth-order valence-corrected chi connectivity index (χ4v) is 2.59. The molecule has 0 aliphatic carbocycles. The van der Waals surface area contributed by atoms with Crippen molar-refractivity contribution in [3.8, 4) is 0 Å². The molecule has 0 saturated carbocycles. The Morgan fingerprint density at radius 3 is 2.92 bits per heavy atom. The van der Waals surface area contributed by atoms with Gasteiger partial charge in [-0.15, -0.1) is 11.3 Å². The number of anilines is 1. The van der Waals surface area contributed by atoms with E-state index in [4.69, 9.17) is 5.73 Å². The first-order valence-corrected chi connectivity index (χ1v) is 5.48. The van der Waals surface area contributed by atoms with Crippen molar-refractivity contribution in [2.45, 2.75) is 9.24 Å². The summed E-state index contributed by atoms with van der Waals surface area (Å²) in [6.45, 7) is 0. The number of hydrogen-bond acceptors (Lipinski definition) is 4. The lowest BCUT2D eigenvalue weighted by molar-refractivity contribution is 1.14. The van der Waals surface area contributed by atoms with Crippen LogP contribution in [0.15, 0.2) is 45.1 Å². The maximum Gasteiger partial charge on any atom is 0.124 e. The summed E-state index contributed by atoms with van der Waals surface area (Å²) in [5.74, 6) is 0. The molecule has 0 radical (unpaired) electrons. The third-order valence-corrected chi connectivity index (χ3v) is 3.56. The highest BCUT2D eigenvalue weighted by Gasteiger charge is 2.02. The highest BCUT2D eigenvalue weighted by atomic mass is 32.2. The van der Waals surface area contributed by atoms with Crippen molar-refractivity contribution in [1.29, 1.82) is 0 Å². The molecule has 0 atom stereocenters. The molecule has 2 aromatic rings. The average Bonchev–Trinajstić information content (AvgIpc) is 2.61. The number of hydrogen-bond donors (Lipinski definition) is 1. The first-order valence-electron chi connectivity index (χ1n) is 3.78. The van der Waals surface area contributed by atoms with E-state index in [-0.39, 0.29) is 0 Å². The fraction of sp³-hybridized carbons (Fsp3) is 0. The van der Waals surface area contributed by atoms with Crippen LogP contribution in [0.4, 0.5) is 5.69 Å². The summed E-state index contributed by atoms with van der Waals surface area (Å²) in [5, 5.41) is 2.92. The number of pyridine rings is 1. The van der Waals surface area contributed by atoms with Gasteiger partial charge in [-0.3, -0.25) is 0 Å². The van der Waals surface area contributed by atoms with Gasteiger partial charge in [0.1, 0.15) is 5.03 Å². The summed E-state index contributed by atoms with van der Waals surface area (Å²) in [6, 6.07) is 7.78. The van der Waals surface area contributed by atoms with Gasteiger partial charge in [-0.1, -0.05) is 17.8 Å². The van der Waals surface area contributed by atoms with Gasteiger partial charge in [0.15, 0.2) is 0 Å². The summed E-state index contributed by atoms with van der Waals surface area (Å²) in [4.78, 5) is 4.20. The zero-order valence-electron chi connectivity index (χ0n) is 6.81. The second-order valence-electron chi connectivity index (χ2n) is 2.43. The van der Waals surface area contributed by atoms with Crippen LogP contribution in [0.3, 0.4) is 0 Å². The monoisotopic (exact) mass is 208 g/mol. The Hall–Kier alpha value is -1.00. The Labute approximate surface area is 84.8 Å². The summed E-state index contributed by atoms with van der Waals surface area (Å²) in [5.41, 5.74) is 6.50. The van der Waals surface area contributed by atoms with Crippen LogP contribution >= 0.6 is 23.1 Å². The van der Waals surface area contributed by atoms with Crippen LogP contribution in [-0.2, 0) is 0 Å². The van der Waals surface area contributed by atoms with Crippen LogP contribution in [0, 0.1) is 0 Å².